The predicted molar refractivity (Wildman–Crippen MR) is 110 cm³/mol. The van der Waals surface area contributed by atoms with Crippen LogP contribution >= 0.6 is 0 Å². The van der Waals surface area contributed by atoms with Crippen LogP contribution in [0.25, 0.3) is 0 Å². The normalized spacial score (nSPS) is 16.0. The number of nitrogens with zero attached hydrogens (tertiary/aromatic N) is 3. The highest BCUT2D eigenvalue weighted by Gasteiger charge is 2.29. The average molecular weight is 382 g/mol. The number of methoxy groups -OCH3 is 2. The number of hydrazone groups is 1. The number of hydrogen-bond acceptors (Lipinski definition) is 5. The number of benzene rings is 2. The van der Waals surface area contributed by atoms with Crippen molar-refractivity contribution in [3.63, 3.8) is 0 Å². The molecule has 2 aromatic carbocycles. The summed E-state index contributed by atoms with van der Waals surface area (Å²) in [5, 5.41) is 6.30. The fourth-order valence-electron chi connectivity index (χ4n) is 3.27. The van der Waals surface area contributed by atoms with Gasteiger partial charge in [-0.3, -0.25) is 0 Å². The molecule has 0 bridgehead atoms. The van der Waals surface area contributed by atoms with Crippen molar-refractivity contribution >= 4 is 17.4 Å². The molecule has 0 fully saturated rings. The molecule has 2 N–H and O–H groups in total. The molecule has 28 heavy (non-hydrogen) atoms. The molecule has 0 aromatic heterocycles. The van der Waals surface area contributed by atoms with Gasteiger partial charge < -0.3 is 20.1 Å². The van der Waals surface area contributed by atoms with Gasteiger partial charge >= 0.3 is 6.03 Å². The monoisotopic (exact) mass is 382 g/mol. The van der Waals surface area contributed by atoms with E-state index in [-0.39, 0.29) is 12.1 Å². The van der Waals surface area contributed by atoms with Gasteiger partial charge in [-0.2, -0.15) is 5.10 Å². The van der Waals surface area contributed by atoms with Crippen molar-refractivity contribution in [3.8, 4) is 11.5 Å². The van der Waals surface area contributed by atoms with Crippen molar-refractivity contribution in [3.05, 3.63) is 53.1 Å². The molecule has 0 radical (unpaired) electrons. The Bertz CT molecular complexity index is 907. The quantitative estimate of drug-likeness (QED) is 0.828. The third-order valence-corrected chi connectivity index (χ3v) is 4.77. The molecule has 7 heteroatoms. The molecule has 1 aliphatic heterocycles. The Morgan fingerprint density at radius 2 is 1.75 bits per heavy atom. The number of hydrogen-bond donors (Lipinski definition) is 1. The largest absolute Gasteiger partial charge is 0.493 e. The molecule has 0 unspecified atom stereocenters. The van der Waals surface area contributed by atoms with Gasteiger partial charge in [0.15, 0.2) is 11.5 Å². The van der Waals surface area contributed by atoms with Crippen molar-refractivity contribution in [1.29, 1.82) is 0 Å². The molecule has 2 aromatic rings. The summed E-state index contributed by atoms with van der Waals surface area (Å²) in [4.78, 5) is 14.3. The van der Waals surface area contributed by atoms with Gasteiger partial charge in [0.1, 0.15) is 0 Å². The summed E-state index contributed by atoms with van der Waals surface area (Å²) < 4.78 is 11.0. The third kappa shape index (κ3) is 3.60. The van der Waals surface area contributed by atoms with Crippen molar-refractivity contribution in [1.82, 2.24) is 9.91 Å². The molecule has 0 spiro atoms. The zero-order valence-electron chi connectivity index (χ0n) is 16.9. The highest BCUT2D eigenvalue weighted by Crippen LogP contribution is 2.34. The van der Waals surface area contributed by atoms with Gasteiger partial charge in [0.25, 0.3) is 0 Å². The molecule has 0 saturated carbocycles. The fourth-order valence-corrected chi connectivity index (χ4v) is 3.27. The van der Waals surface area contributed by atoms with E-state index < -0.39 is 0 Å². The lowest BCUT2D eigenvalue weighted by molar-refractivity contribution is 0.156. The fraction of sp³-hybridized carbons (Fsp3) is 0.333. The van der Waals surface area contributed by atoms with Gasteiger partial charge in [0.05, 0.1) is 26.0 Å². The topological polar surface area (TPSA) is 80.4 Å². The molecular weight excluding hydrogens is 356 g/mol. The van der Waals surface area contributed by atoms with E-state index >= 15 is 0 Å². The number of amides is 2. The second-order valence-corrected chi connectivity index (χ2v) is 7.01. The van der Waals surface area contributed by atoms with Crippen LogP contribution in [0.3, 0.4) is 0 Å². The third-order valence-electron chi connectivity index (χ3n) is 4.77. The van der Waals surface area contributed by atoms with Gasteiger partial charge in [0.2, 0.25) is 0 Å². The highest BCUT2D eigenvalue weighted by atomic mass is 16.5. The van der Waals surface area contributed by atoms with Crippen molar-refractivity contribution in [2.24, 2.45) is 5.10 Å². The number of nitrogen functional groups attached to an aromatic ring is 1. The van der Waals surface area contributed by atoms with Crippen LogP contribution in [-0.4, -0.2) is 56.0 Å². The number of carbonyl (C=O) groups excluding carboxylic acids is 1. The molecule has 148 valence electrons. The predicted octanol–water partition coefficient (Wildman–Crippen LogP) is 2.97. The SMILES string of the molecule is COc1cc2c(cc1OC)C(c1ccc(N)cc1)=NN(C(=O)N(C)C)[C@H](C)C2. The van der Waals surface area contributed by atoms with E-state index in [4.69, 9.17) is 20.3 Å². The molecule has 2 amide bonds. The number of rotatable bonds is 3. The minimum absolute atomic E-state index is 0.127. The lowest BCUT2D eigenvalue weighted by atomic mass is 9.94. The summed E-state index contributed by atoms with van der Waals surface area (Å²) in [6, 6.07) is 11.0. The van der Waals surface area contributed by atoms with E-state index in [2.05, 4.69) is 0 Å². The van der Waals surface area contributed by atoms with Crippen LogP contribution < -0.4 is 15.2 Å². The Morgan fingerprint density at radius 1 is 1.14 bits per heavy atom. The summed E-state index contributed by atoms with van der Waals surface area (Å²) in [5.74, 6) is 1.27. The molecule has 0 aliphatic carbocycles. The van der Waals surface area contributed by atoms with Crippen molar-refractivity contribution in [2.75, 3.05) is 34.0 Å². The Morgan fingerprint density at radius 3 is 2.32 bits per heavy atom. The Labute approximate surface area is 165 Å². The molecule has 1 atom stereocenters. The Balaban J connectivity index is 2.24. The molecule has 0 saturated heterocycles. The molecular formula is C21H26N4O3. The molecule has 1 aliphatic rings. The van der Waals surface area contributed by atoms with E-state index in [0.717, 1.165) is 16.7 Å². The first-order chi connectivity index (χ1) is 13.3. The maximum atomic E-state index is 12.8. The summed E-state index contributed by atoms with van der Waals surface area (Å²) >= 11 is 0. The van der Waals surface area contributed by atoms with E-state index in [1.54, 1.807) is 28.3 Å². The van der Waals surface area contributed by atoms with Crippen molar-refractivity contribution < 1.29 is 14.3 Å². The zero-order valence-corrected chi connectivity index (χ0v) is 16.9. The zero-order chi connectivity index (χ0) is 20.4. The molecule has 7 nitrogen and oxygen atoms in total. The van der Waals surface area contributed by atoms with Crippen LogP contribution in [0.4, 0.5) is 10.5 Å². The smallest absolute Gasteiger partial charge is 0.340 e. The number of carbonyl (C=O) groups is 1. The average Bonchev–Trinajstić information content (AvgIpc) is 2.82. The van der Waals surface area contributed by atoms with Gasteiger partial charge in [-0.05, 0) is 43.2 Å². The maximum Gasteiger partial charge on any atom is 0.340 e. The van der Waals surface area contributed by atoms with Crippen LogP contribution in [0.5, 0.6) is 11.5 Å². The number of fused-ring (bicyclic) bond motifs is 1. The first-order valence-corrected chi connectivity index (χ1v) is 9.06. The Hall–Kier alpha value is -3.22. The first-order valence-electron chi connectivity index (χ1n) is 9.06. The second-order valence-electron chi connectivity index (χ2n) is 7.01. The standard InChI is InChI=1S/C21H26N4O3/c1-13-10-15-11-18(27-4)19(28-5)12-17(15)20(14-6-8-16(22)9-7-14)23-25(13)21(26)24(2)3/h6-9,11-13H,10,22H2,1-5H3/t13-/m1/s1. The van der Waals surface area contributed by atoms with Gasteiger partial charge in [-0.25, -0.2) is 9.80 Å². The molecule has 1 heterocycles. The lowest BCUT2D eigenvalue weighted by Gasteiger charge is -2.26. The number of nitrogens with two attached hydrogens (primary N) is 1. The van der Waals surface area contributed by atoms with Gasteiger partial charge in [-0.15, -0.1) is 0 Å². The summed E-state index contributed by atoms with van der Waals surface area (Å²) in [7, 11) is 6.65. The lowest BCUT2D eigenvalue weighted by Crippen LogP contribution is -2.41. The van der Waals surface area contributed by atoms with Crippen molar-refractivity contribution in [2.45, 2.75) is 19.4 Å². The van der Waals surface area contributed by atoms with Gasteiger partial charge in [0, 0.05) is 30.9 Å². The first kappa shape index (κ1) is 19.5. The number of urea groups is 1. The summed E-state index contributed by atoms with van der Waals surface area (Å²) in [5.41, 5.74) is 10.0. The summed E-state index contributed by atoms with van der Waals surface area (Å²) in [6.45, 7) is 1.98. The molecule has 3 rings (SSSR count). The van der Waals surface area contributed by atoms with Crippen LogP contribution in [0.2, 0.25) is 0 Å². The van der Waals surface area contributed by atoms with Crippen LogP contribution in [-0.2, 0) is 6.42 Å². The van der Waals surface area contributed by atoms with E-state index in [0.29, 0.717) is 29.3 Å². The second kappa shape index (κ2) is 7.80. The van der Waals surface area contributed by atoms with Crippen LogP contribution in [0, 0.1) is 0 Å². The highest BCUT2D eigenvalue weighted by molar-refractivity contribution is 6.14. The number of ether oxygens (including phenoxy) is 2. The van der Waals surface area contributed by atoms with Crippen LogP contribution in [0.1, 0.15) is 23.6 Å². The maximum absolute atomic E-state index is 12.8. The van der Waals surface area contributed by atoms with Crippen LogP contribution in [0.15, 0.2) is 41.5 Å². The number of anilines is 1. The van der Waals surface area contributed by atoms with Gasteiger partial charge in [-0.1, -0.05) is 12.1 Å². The van der Waals surface area contributed by atoms with E-state index in [1.807, 2.05) is 43.3 Å². The summed E-state index contributed by atoms with van der Waals surface area (Å²) in [6.07, 6.45) is 0.636. The minimum atomic E-state index is -0.174. The Kier molecular flexibility index (Phi) is 5.44. The minimum Gasteiger partial charge on any atom is -0.493 e. The van der Waals surface area contributed by atoms with E-state index in [1.165, 1.54) is 9.91 Å². The van der Waals surface area contributed by atoms with E-state index in [9.17, 15) is 4.79 Å².